The molecule has 1 unspecified atom stereocenters. The predicted molar refractivity (Wildman–Crippen MR) is 80.3 cm³/mol. The molecule has 0 radical (unpaired) electrons. The molecule has 0 spiro atoms. The van der Waals surface area contributed by atoms with E-state index in [2.05, 4.69) is 25.2 Å². The van der Waals surface area contributed by atoms with Gasteiger partial charge in [-0.2, -0.15) is 0 Å². The van der Waals surface area contributed by atoms with Crippen molar-refractivity contribution < 1.29 is 4.79 Å². The van der Waals surface area contributed by atoms with Crippen molar-refractivity contribution in [1.29, 1.82) is 0 Å². The Bertz CT molecular complexity index is 470. The van der Waals surface area contributed by atoms with E-state index in [4.69, 9.17) is 0 Å². The monoisotopic (exact) mass is 273 g/mol. The topological polar surface area (TPSA) is 29.1 Å². The molecule has 2 saturated carbocycles. The zero-order valence-corrected chi connectivity index (χ0v) is 12.8. The van der Waals surface area contributed by atoms with Crippen LogP contribution in [0.1, 0.15) is 52.4 Å². The number of nitrogens with one attached hydrogen (secondary N) is 1. The molecule has 6 atom stereocenters. The number of fused-ring (bicyclic) bond motifs is 5. The molecule has 0 bridgehead atoms. The van der Waals surface area contributed by atoms with Gasteiger partial charge in [0, 0.05) is 17.9 Å². The van der Waals surface area contributed by atoms with Gasteiger partial charge in [-0.1, -0.05) is 26.3 Å². The van der Waals surface area contributed by atoms with Gasteiger partial charge in [-0.15, -0.1) is 0 Å². The summed E-state index contributed by atoms with van der Waals surface area (Å²) in [5.41, 5.74) is 0.820. The van der Waals surface area contributed by atoms with Gasteiger partial charge in [-0.05, 0) is 61.5 Å². The lowest BCUT2D eigenvalue weighted by molar-refractivity contribution is -0.119. The molecule has 1 aliphatic heterocycles. The third kappa shape index (κ3) is 1.63. The third-order valence-electron chi connectivity index (χ3n) is 7.40. The second-order valence-corrected chi connectivity index (χ2v) is 8.29. The van der Waals surface area contributed by atoms with Crippen molar-refractivity contribution in [3.63, 3.8) is 0 Å². The minimum atomic E-state index is 0.209. The van der Waals surface area contributed by atoms with Crippen LogP contribution in [0.3, 0.4) is 0 Å². The number of rotatable bonds is 0. The summed E-state index contributed by atoms with van der Waals surface area (Å²) in [5.74, 6) is 2.84. The van der Waals surface area contributed by atoms with Gasteiger partial charge in [0.1, 0.15) is 0 Å². The van der Waals surface area contributed by atoms with Crippen LogP contribution in [-0.2, 0) is 4.79 Å². The fourth-order valence-electron chi connectivity index (χ4n) is 6.17. The maximum Gasteiger partial charge on any atom is 0.156 e. The highest BCUT2D eigenvalue weighted by molar-refractivity contribution is 5.91. The highest BCUT2D eigenvalue weighted by Crippen LogP contribution is 2.61. The van der Waals surface area contributed by atoms with Gasteiger partial charge in [0.05, 0.1) is 0 Å². The number of hydrogen-bond acceptors (Lipinski definition) is 2. The molecule has 1 saturated heterocycles. The maximum absolute atomic E-state index is 11.7. The molecular formula is C18H27NO. The van der Waals surface area contributed by atoms with Crippen LogP contribution in [0.25, 0.3) is 0 Å². The van der Waals surface area contributed by atoms with E-state index in [1.54, 1.807) is 0 Å². The quantitative estimate of drug-likeness (QED) is 0.733. The van der Waals surface area contributed by atoms with Gasteiger partial charge in [0.2, 0.25) is 0 Å². The molecule has 20 heavy (non-hydrogen) atoms. The molecule has 1 heterocycles. The minimum Gasteiger partial charge on any atom is -0.312 e. The fraction of sp³-hybridized carbons (Fsp3) is 0.833. The number of carbonyl (C=O) groups excluding carboxylic acids is 1. The summed E-state index contributed by atoms with van der Waals surface area (Å²) in [6.07, 6.45) is 11.9. The van der Waals surface area contributed by atoms with E-state index in [9.17, 15) is 4.79 Å². The van der Waals surface area contributed by atoms with Crippen LogP contribution < -0.4 is 5.32 Å². The number of allylic oxidation sites excluding steroid dienone is 1. The van der Waals surface area contributed by atoms with Crippen LogP contribution in [0.15, 0.2) is 12.2 Å². The number of hydrogen-bond donors (Lipinski definition) is 1. The van der Waals surface area contributed by atoms with Gasteiger partial charge in [-0.25, -0.2) is 0 Å². The number of piperidine rings is 1. The van der Waals surface area contributed by atoms with Gasteiger partial charge in [0.25, 0.3) is 0 Å². The van der Waals surface area contributed by atoms with Crippen LogP contribution in [0, 0.1) is 28.6 Å². The van der Waals surface area contributed by atoms with Gasteiger partial charge >= 0.3 is 0 Å². The van der Waals surface area contributed by atoms with E-state index >= 15 is 0 Å². The molecular weight excluding hydrogens is 246 g/mol. The van der Waals surface area contributed by atoms with Crippen LogP contribution in [0.5, 0.6) is 0 Å². The molecule has 4 rings (SSSR count). The van der Waals surface area contributed by atoms with Crippen LogP contribution in [-0.4, -0.2) is 18.4 Å². The van der Waals surface area contributed by atoms with Gasteiger partial charge < -0.3 is 5.32 Å². The lowest BCUT2D eigenvalue weighted by atomic mass is 9.50. The molecule has 110 valence electrons. The number of carbonyl (C=O) groups is 1. The first-order chi connectivity index (χ1) is 9.53. The largest absolute Gasteiger partial charge is 0.312 e. The SMILES string of the molecule is C[C@@]12CCC[C@H]1[C@@H]1CNC3CC(=O)C=C[C@]3(C)[C@H]1CC2. The zero-order valence-electron chi connectivity index (χ0n) is 12.8. The second-order valence-electron chi connectivity index (χ2n) is 8.29. The summed E-state index contributed by atoms with van der Waals surface area (Å²) >= 11 is 0. The van der Waals surface area contributed by atoms with Crippen LogP contribution >= 0.6 is 0 Å². The summed E-state index contributed by atoms with van der Waals surface area (Å²) in [5, 5.41) is 3.75. The van der Waals surface area contributed by atoms with E-state index in [-0.39, 0.29) is 5.41 Å². The van der Waals surface area contributed by atoms with E-state index in [1.807, 2.05) is 6.08 Å². The van der Waals surface area contributed by atoms with Crippen molar-refractivity contribution in [2.45, 2.75) is 58.4 Å². The first kappa shape index (κ1) is 13.1. The Morgan fingerprint density at radius 3 is 2.90 bits per heavy atom. The highest BCUT2D eigenvalue weighted by Gasteiger charge is 2.56. The molecule has 1 N–H and O–H groups in total. The van der Waals surface area contributed by atoms with Crippen molar-refractivity contribution in [2.75, 3.05) is 6.54 Å². The Morgan fingerprint density at radius 1 is 1.20 bits per heavy atom. The fourth-order valence-corrected chi connectivity index (χ4v) is 6.17. The molecule has 3 aliphatic carbocycles. The van der Waals surface area contributed by atoms with Gasteiger partial charge in [-0.3, -0.25) is 4.79 Å². The molecule has 0 amide bonds. The Hall–Kier alpha value is -0.630. The summed E-state index contributed by atoms with van der Waals surface area (Å²) < 4.78 is 0. The first-order valence-electron chi connectivity index (χ1n) is 8.48. The highest BCUT2D eigenvalue weighted by atomic mass is 16.1. The van der Waals surface area contributed by atoms with Crippen molar-refractivity contribution in [2.24, 2.45) is 28.6 Å². The molecule has 2 nitrogen and oxygen atoms in total. The summed E-state index contributed by atoms with van der Waals surface area (Å²) in [7, 11) is 0. The van der Waals surface area contributed by atoms with Crippen LogP contribution in [0.4, 0.5) is 0 Å². The molecule has 0 aromatic heterocycles. The van der Waals surface area contributed by atoms with Crippen molar-refractivity contribution >= 4 is 5.78 Å². The maximum atomic E-state index is 11.7. The molecule has 0 aromatic rings. The van der Waals surface area contributed by atoms with E-state index in [1.165, 1.54) is 32.1 Å². The Kier molecular flexibility index (Phi) is 2.74. The normalized spacial score (nSPS) is 54.2. The Morgan fingerprint density at radius 2 is 2.05 bits per heavy atom. The standard InChI is InChI=1S/C18H27NO/c1-17-7-3-4-14(17)13-11-19-16-10-12(20)5-9-18(16,2)15(13)6-8-17/h5,9,13-16,19H,3-4,6-8,10-11H2,1-2H3/t13-,14-,15-,16?,17-,18+/m0/s1. The van der Waals surface area contributed by atoms with E-state index in [0.29, 0.717) is 23.7 Å². The smallest absolute Gasteiger partial charge is 0.156 e. The minimum absolute atomic E-state index is 0.209. The summed E-state index contributed by atoms with van der Waals surface area (Å²) in [4.78, 5) is 11.7. The Balaban J connectivity index is 1.68. The third-order valence-corrected chi connectivity index (χ3v) is 7.40. The lowest BCUT2D eigenvalue weighted by Crippen LogP contribution is -2.61. The van der Waals surface area contributed by atoms with Gasteiger partial charge in [0.15, 0.2) is 5.78 Å². The first-order valence-corrected chi connectivity index (χ1v) is 8.48. The van der Waals surface area contributed by atoms with E-state index in [0.717, 1.165) is 24.3 Å². The summed E-state index contributed by atoms with van der Waals surface area (Å²) in [6.45, 7) is 6.09. The van der Waals surface area contributed by atoms with Crippen molar-refractivity contribution in [1.82, 2.24) is 5.32 Å². The molecule has 3 fully saturated rings. The second kappa shape index (κ2) is 4.19. The number of ketones is 1. The molecule has 4 aliphatic rings. The zero-order chi connectivity index (χ0) is 14.0. The predicted octanol–water partition coefficient (Wildman–Crippen LogP) is 3.33. The average molecular weight is 273 g/mol. The average Bonchev–Trinajstić information content (AvgIpc) is 2.81. The Labute approximate surface area is 122 Å². The van der Waals surface area contributed by atoms with Crippen molar-refractivity contribution in [3.05, 3.63) is 12.2 Å². The molecule has 0 aromatic carbocycles. The van der Waals surface area contributed by atoms with E-state index < -0.39 is 0 Å². The van der Waals surface area contributed by atoms with Crippen LogP contribution in [0.2, 0.25) is 0 Å². The van der Waals surface area contributed by atoms with Crippen molar-refractivity contribution in [3.8, 4) is 0 Å². The molecule has 2 heteroatoms. The summed E-state index contributed by atoms with van der Waals surface area (Å²) in [6, 6.07) is 0.381. The lowest BCUT2D eigenvalue weighted by Gasteiger charge is -2.58.